The smallest absolute Gasteiger partial charge is 0.313 e. The average molecular weight is 225 g/mol. The van der Waals surface area contributed by atoms with Crippen molar-refractivity contribution in [2.24, 2.45) is 5.41 Å². The molecule has 0 aliphatic heterocycles. The van der Waals surface area contributed by atoms with Gasteiger partial charge in [0.2, 0.25) is 0 Å². The van der Waals surface area contributed by atoms with Gasteiger partial charge in [0.05, 0.1) is 36.1 Å². The molecule has 0 amide bonds. The fourth-order valence-electron chi connectivity index (χ4n) is 1.58. The van der Waals surface area contributed by atoms with Crippen LogP contribution in [0.4, 0.5) is 5.69 Å². The maximum Gasteiger partial charge on any atom is 0.313 e. The minimum atomic E-state index is -0.607. The molecule has 0 aromatic carbocycles. The fourth-order valence-corrected chi connectivity index (χ4v) is 1.58. The number of aryl methyl sites for hydroxylation is 1. The summed E-state index contributed by atoms with van der Waals surface area (Å²) in [7, 11) is 1.39. The molecule has 0 radical (unpaired) electrons. The van der Waals surface area contributed by atoms with Crippen LogP contribution in [0, 0.1) is 19.3 Å². The Bertz CT molecular complexity index is 408. The van der Waals surface area contributed by atoms with Crippen LogP contribution >= 0.6 is 0 Å². The van der Waals surface area contributed by atoms with Crippen LogP contribution in [0.15, 0.2) is 0 Å². The first kappa shape index (κ1) is 12.5. The van der Waals surface area contributed by atoms with Gasteiger partial charge in [0.1, 0.15) is 0 Å². The molecule has 5 nitrogen and oxygen atoms in total. The first-order valence-electron chi connectivity index (χ1n) is 5.17. The van der Waals surface area contributed by atoms with Gasteiger partial charge in [-0.05, 0) is 27.7 Å². The van der Waals surface area contributed by atoms with Crippen LogP contribution in [0.1, 0.15) is 25.2 Å². The molecule has 5 heteroatoms. The van der Waals surface area contributed by atoms with Gasteiger partial charge < -0.3 is 10.5 Å². The molecule has 1 heterocycles. The number of carbonyl (C=O) groups is 1. The van der Waals surface area contributed by atoms with E-state index in [1.807, 2.05) is 27.7 Å². The molecule has 0 atom stereocenters. The molecule has 2 N–H and O–H groups in total. The van der Waals surface area contributed by atoms with Gasteiger partial charge in [0.15, 0.2) is 0 Å². The largest absolute Gasteiger partial charge is 0.469 e. The third kappa shape index (κ3) is 2.18. The molecule has 0 aliphatic rings. The summed E-state index contributed by atoms with van der Waals surface area (Å²) < 4.78 is 6.50. The molecule has 0 unspecified atom stereocenters. The molecular formula is C11H19N3O2. The number of nitrogen functional groups attached to an aromatic ring is 1. The predicted molar refractivity (Wildman–Crippen MR) is 61.9 cm³/mol. The number of aromatic nitrogens is 2. The van der Waals surface area contributed by atoms with Crippen molar-refractivity contribution in [3.63, 3.8) is 0 Å². The highest BCUT2D eigenvalue weighted by Gasteiger charge is 2.30. The van der Waals surface area contributed by atoms with Crippen LogP contribution < -0.4 is 5.73 Å². The number of nitrogens with two attached hydrogens (primary N) is 1. The molecule has 0 aliphatic carbocycles. The van der Waals surface area contributed by atoms with E-state index in [1.54, 1.807) is 4.68 Å². The summed E-state index contributed by atoms with van der Waals surface area (Å²) in [4.78, 5) is 11.5. The number of nitrogens with zero attached hydrogens (tertiary/aromatic N) is 2. The summed E-state index contributed by atoms with van der Waals surface area (Å²) in [5.41, 5.74) is 7.58. The first-order valence-corrected chi connectivity index (χ1v) is 5.17. The number of hydrogen-bond acceptors (Lipinski definition) is 4. The summed E-state index contributed by atoms with van der Waals surface area (Å²) in [6, 6.07) is 0. The number of esters is 1. The Hall–Kier alpha value is -1.52. The maximum absolute atomic E-state index is 11.5. The Morgan fingerprint density at radius 3 is 2.44 bits per heavy atom. The summed E-state index contributed by atoms with van der Waals surface area (Å²) in [6.45, 7) is 7.85. The van der Waals surface area contributed by atoms with Gasteiger partial charge in [-0.2, -0.15) is 5.10 Å². The fraction of sp³-hybridized carbons (Fsp3) is 0.636. The molecule has 0 fully saturated rings. The van der Waals surface area contributed by atoms with E-state index >= 15 is 0 Å². The van der Waals surface area contributed by atoms with E-state index in [9.17, 15) is 4.79 Å². The van der Waals surface area contributed by atoms with Crippen LogP contribution in [-0.4, -0.2) is 22.9 Å². The highest BCUT2D eigenvalue weighted by Crippen LogP contribution is 2.23. The third-order valence-electron chi connectivity index (χ3n) is 2.72. The van der Waals surface area contributed by atoms with Crippen molar-refractivity contribution in [1.82, 2.24) is 9.78 Å². The van der Waals surface area contributed by atoms with Crippen LogP contribution in [0.5, 0.6) is 0 Å². The van der Waals surface area contributed by atoms with Crippen LogP contribution in [0.25, 0.3) is 0 Å². The monoisotopic (exact) mass is 225 g/mol. The quantitative estimate of drug-likeness (QED) is 0.787. The third-order valence-corrected chi connectivity index (χ3v) is 2.72. The minimum absolute atomic E-state index is 0.251. The van der Waals surface area contributed by atoms with E-state index in [0.29, 0.717) is 12.2 Å². The second kappa shape index (κ2) is 4.15. The zero-order valence-corrected chi connectivity index (χ0v) is 10.5. The minimum Gasteiger partial charge on any atom is -0.469 e. The molecule has 16 heavy (non-hydrogen) atoms. The molecule has 1 aromatic rings. The number of methoxy groups -OCH3 is 1. The maximum atomic E-state index is 11.5. The number of ether oxygens (including phenoxy) is 1. The Labute approximate surface area is 95.6 Å². The Morgan fingerprint density at radius 1 is 1.50 bits per heavy atom. The summed E-state index contributed by atoms with van der Waals surface area (Å²) in [5, 5.41) is 4.30. The number of carbonyl (C=O) groups excluding carboxylic acids is 1. The first-order chi connectivity index (χ1) is 7.29. The standard InChI is InChI=1S/C11H19N3O2/c1-7-9(12)8(2)14(13-7)6-11(3,4)10(15)16-5/h6,12H2,1-5H3. The summed E-state index contributed by atoms with van der Waals surface area (Å²) >= 11 is 0. The molecule has 1 rings (SSSR count). The molecular weight excluding hydrogens is 206 g/mol. The van der Waals surface area contributed by atoms with E-state index in [4.69, 9.17) is 10.5 Å². The van der Waals surface area contributed by atoms with Crippen molar-refractivity contribution in [2.45, 2.75) is 34.2 Å². The Kier molecular flexibility index (Phi) is 3.26. The lowest BCUT2D eigenvalue weighted by molar-refractivity contribution is -0.151. The van der Waals surface area contributed by atoms with E-state index in [0.717, 1.165) is 11.4 Å². The average Bonchev–Trinajstić information content (AvgIpc) is 2.44. The molecule has 90 valence electrons. The van der Waals surface area contributed by atoms with Gasteiger partial charge in [-0.1, -0.05) is 0 Å². The molecule has 0 saturated carbocycles. The van der Waals surface area contributed by atoms with Crippen LogP contribution in [0.3, 0.4) is 0 Å². The highest BCUT2D eigenvalue weighted by atomic mass is 16.5. The number of hydrogen-bond donors (Lipinski definition) is 1. The molecule has 1 aromatic heterocycles. The van der Waals surface area contributed by atoms with Crippen LogP contribution in [0.2, 0.25) is 0 Å². The van der Waals surface area contributed by atoms with Crippen molar-refractivity contribution in [3.05, 3.63) is 11.4 Å². The van der Waals surface area contributed by atoms with Gasteiger partial charge in [-0.3, -0.25) is 9.48 Å². The van der Waals surface area contributed by atoms with Gasteiger partial charge >= 0.3 is 5.97 Å². The highest BCUT2D eigenvalue weighted by molar-refractivity contribution is 5.75. The van der Waals surface area contributed by atoms with Crippen molar-refractivity contribution < 1.29 is 9.53 Å². The van der Waals surface area contributed by atoms with Gasteiger partial charge in [0.25, 0.3) is 0 Å². The second-order valence-electron chi connectivity index (χ2n) is 4.62. The van der Waals surface area contributed by atoms with E-state index in [1.165, 1.54) is 7.11 Å². The lowest BCUT2D eigenvalue weighted by Crippen LogP contribution is -2.31. The van der Waals surface area contributed by atoms with Crippen molar-refractivity contribution in [3.8, 4) is 0 Å². The summed E-state index contributed by atoms with van der Waals surface area (Å²) in [6.07, 6.45) is 0. The van der Waals surface area contributed by atoms with Gasteiger partial charge in [-0.25, -0.2) is 0 Å². The van der Waals surface area contributed by atoms with Gasteiger partial charge in [-0.15, -0.1) is 0 Å². The van der Waals surface area contributed by atoms with E-state index < -0.39 is 5.41 Å². The predicted octanol–water partition coefficient (Wildman–Crippen LogP) is 1.28. The molecule has 0 saturated heterocycles. The zero-order chi connectivity index (χ0) is 12.5. The lowest BCUT2D eigenvalue weighted by Gasteiger charge is -2.21. The molecule has 0 bridgehead atoms. The number of rotatable bonds is 3. The van der Waals surface area contributed by atoms with Crippen molar-refractivity contribution in [1.29, 1.82) is 0 Å². The second-order valence-corrected chi connectivity index (χ2v) is 4.62. The lowest BCUT2D eigenvalue weighted by atomic mass is 9.94. The van der Waals surface area contributed by atoms with Crippen LogP contribution in [-0.2, 0) is 16.1 Å². The van der Waals surface area contributed by atoms with E-state index in [2.05, 4.69) is 5.10 Å². The Balaban J connectivity index is 2.96. The normalized spacial score (nSPS) is 11.6. The zero-order valence-electron chi connectivity index (χ0n) is 10.5. The molecule has 0 spiro atoms. The van der Waals surface area contributed by atoms with Crippen molar-refractivity contribution in [2.75, 3.05) is 12.8 Å². The topological polar surface area (TPSA) is 70.1 Å². The SMILES string of the molecule is COC(=O)C(C)(C)Cn1nc(C)c(N)c1C. The van der Waals surface area contributed by atoms with Gasteiger partial charge in [0, 0.05) is 0 Å². The summed E-state index contributed by atoms with van der Waals surface area (Å²) in [5.74, 6) is -0.251. The van der Waals surface area contributed by atoms with E-state index in [-0.39, 0.29) is 5.97 Å². The number of anilines is 1. The van der Waals surface area contributed by atoms with Crippen molar-refractivity contribution >= 4 is 11.7 Å². The Morgan fingerprint density at radius 2 is 2.06 bits per heavy atom.